The van der Waals surface area contributed by atoms with Crippen molar-refractivity contribution < 1.29 is 14.0 Å². The van der Waals surface area contributed by atoms with E-state index in [1.165, 1.54) is 0 Å². The highest BCUT2D eigenvalue weighted by Crippen LogP contribution is 2.18. The maximum atomic E-state index is 12.4. The fourth-order valence-corrected chi connectivity index (χ4v) is 2.96. The molecule has 24 heavy (non-hydrogen) atoms. The van der Waals surface area contributed by atoms with Crippen LogP contribution in [0.5, 0.6) is 0 Å². The van der Waals surface area contributed by atoms with Crippen LogP contribution in [-0.2, 0) is 11.3 Å². The molecule has 0 unspecified atom stereocenters. The van der Waals surface area contributed by atoms with Gasteiger partial charge in [0.25, 0.3) is 0 Å². The molecule has 2 N–H and O–H groups in total. The van der Waals surface area contributed by atoms with Crippen LogP contribution in [0.1, 0.15) is 43.8 Å². The molecule has 1 aromatic rings. The molecule has 134 valence electrons. The number of furan rings is 1. The Morgan fingerprint density at radius 1 is 1.33 bits per heavy atom. The van der Waals surface area contributed by atoms with E-state index in [1.807, 2.05) is 19.9 Å². The molecule has 1 aliphatic heterocycles. The number of likely N-dealkylation sites (tertiary alicyclic amines) is 1. The largest absolute Gasteiger partial charge is 0.466 e. The van der Waals surface area contributed by atoms with Crippen molar-refractivity contribution in [3.63, 3.8) is 0 Å². The number of nitrogens with zero attached hydrogens (tertiary/aromatic N) is 1. The van der Waals surface area contributed by atoms with E-state index >= 15 is 0 Å². The molecule has 0 aliphatic carbocycles. The third-order valence-electron chi connectivity index (χ3n) is 4.34. The second kappa shape index (κ2) is 8.22. The topological polar surface area (TPSA) is 74.6 Å². The van der Waals surface area contributed by atoms with Crippen LogP contribution in [0.25, 0.3) is 0 Å². The lowest BCUT2D eigenvalue weighted by Crippen LogP contribution is -2.49. The molecule has 0 radical (unpaired) electrons. The summed E-state index contributed by atoms with van der Waals surface area (Å²) in [6.07, 6.45) is 1.68. The molecule has 6 heteroatoms. The highest BCUT2D eigenvalue weighted by molar-refractivity contribution is 5.80. The monoisotopic (exact) mass is 335 g/mol. The molecule has 1 saturated heterocycles. The van der Waals surface area contributed by atoms with Crippen LogP contribution < -0.4 is 10.6 Å². The van der Waals surface area contributed by atoms with Crippen LogP contribution in [0.2, 0.25) is 0 Å². The third kappa shape index (κ3) is 5.01. The van der Waals surface area contributed by atoms with Crippen molar-refractivity contribution in [1.82, 2.24) is 15.5 Å². The van der Waals surface area contributed by atoms with Crippen LogP contribution in [0.4, 0.5) is 4.79 Å². The highest BCUT2D eigenvalue weighted by Gasteiger charge is 2.28. The number of nitrogens with one attached hydrogen (secondary N) is 2. The van der Waals surface area contributed by atoms with Crippen molar-refractivity contribution in [3.05, 3.63) is 23.2 Å². The zero-order chi connectivity index (χ0) is 17.7. The number of carbonyl (C=O) groups excluding carboxylic acids is 2. The molecular formula is C18H29N3O3. The predicted octanol–water partition coefficient (Wildman–Crippen LogP) is 2.59. The lowest BCUT2D eigenvalue weighted by molar-refractivity contribution is -0.126. The Hall–Kier alpha value is -1.98. The summed E-state index contributed by atoms with van der Waals surface area (Å²) in [7, 11) is 0. The van der Waals surface area contributed by atoms with Gasteiger partial charge < -0.3 is 20.0 Å². The summed E-state index contributed by atoms with van der Waals surface area (Å²) in [5.41, 5.74) is 1.00. The van der Waals surface area contributed by atoms with Crippen LogP contribution >= 0.6 is 0 Å². The third-order valence-corrected chi connectivity index (χ3v) is 4.34. The van der Waals surface area contributed by atoms with E-state index in [4.69, 9.17) is 4.42 Å². The van der Waals surface area contributed by atoms with Crippen molar-refractivity contribution >= 4 is 11.9 Å². The Balaban J connectivity index is 1.83. The Bertz CT molecular complexity index is 580. The average Bonchev–Trinajstić information content (AvgIpc) is 2.88. The normalized spacial score (nSPS) is 17.9. The van der Waals surface area contributed by atoms with Gasteiger partial charge in [-0.3, -0.25) is 4.79 Å². The van der Waals surface area contributed by atoms with Crippen molar-refractivity contribution in [3.8, 4) is 0 Å². The average molecular weight is 335 g/mol. The molecule has 1 aromatic heterocycles. The molecule has 2 rings (SSSR count). The SMILES string of the molecule is Cc1cc(CNC(=O)[C@H]2CCCN(C(=O)NCC(C)C)C2)c(C)o1. The summed E-state index contributed by atoms with van der Waals surface area (Å²) in [6, 6.07) is 1.88. The smallest absolute Gasteiger partial charge is 0.317 e. The van der Waals surface area contributed by atoms with Gasteiger partial charge in [0.15, 0.2) is 0 Å². The summed E-state index contributed by atoms with van der Waals surface area (Å²) in [4.78, 5) is 26.3. The number of carbonyl (C=O) groups is 2. The van der Waals surface area contributed by atoms with Crippen LogP contribution in [0.15, 0.2) is 10.5 Å². The van der Waals surface area contributed by atoms with Gasteiger partial charge in [0.05, 0.1) is 5.92 Å². The van der Waals surface area contributed by atoms with E-state index in [9.17, 15) is 9.59 Å². The Kier molecular flexibility index (Phi) is 6.29. The number of urea groups is 1. The summed E-state index contributed by atoms with van der Waals surface area (Å²) in [5, 5.41) is 5.90. The van der Waals surface area contributed by atoms with E-state index in [0.29, 0.717) is 32.1 Å². The van der Waals surface area contributed by atoms with Gasteiger partial charge in [-0.15, -0.1) is 0 Å². The minimum atomic E-state index is -0.142. The van der Waals surface area contributed by atoms with Crippen LogP contribution in [0.3, 0.4) is 0 Å². The minimum Gasteiger partial charge on any atom is -0.466 e. The summed E-state index contributed by atoms with van der Waals surface area (Å²) in [6.45, 7) is 10.2. The van der Waals surface area contributed by atoms with Crippen LogP contribution in [0, 0.1) is 25.7 Å². The maximum absolute atomic E-state index is 12.4. The first-order valence-electron chi connectivity index (χ1n) is 8.73. The fraction of sp³-hybridized carbons (Fsp3) is 0.667. The molecule has 0 bridgehead atoms. The molecule has 1 aliphatic rings. The Morgan fingerprint density at radius 3 is 2.71 bits per heavy atom. The number of piperidine rings is 1. The van der Waals surface area contributed by atoms with Gasteiger partial charge in [0.2, 0.25) is 5.91 Å². The van der Waals surface area contributed by atoms with Crippen molar-refractivity contribution in [2.75, 3.05) is 19.6 Å². The van der Waals surface area contributed by atoms with E-state index in [1.54, 1.807) is 4.90 Å². The summed E-state index contributed by atoms with van der Waals surface area (Å²) in [5.74, 6) is 1.97. The molecule has 1 fully saturated rings. The Labute approximate surface area is 144 Å². The summed E-state index contributed by atoms with van der Waals surface area (Å²) >= 11 is 0. The van der Waals surface area contributed by atoms with Crippen molar-refractivity contribution in [2.45, 2.75) is 47.1 Å². The number of hydrogen-bond donors (Lipinski definition) is 2. The first-order valence-corrected chi connectivity index (χ1v) is 8.73. The lowest BCUT2D eigenvalue weighted by Gasteiger charge is -2.32. The van der Waals surface area contributed by atoms with Gasteiger partial charge >= 0.3 is 6.03 Å². The second-order valence-electron chi connectivity index (χ2n) is 7.02. The molecular weight excluding hydrogens is 306 g/mol. The van der Waals surface area contributed by atoms with E-state index < -0.39 is 0 Å². The molecule has 2 heterocycles. The zero-order valence-electron chi connectivity index (χ0n) is 15.1. The van der Waals surface area contributed by atoms with Crippen LogP contribution in [-0.4, -0.2) is 36.5 Å². The van der Waals surface area contributed by atoms with E-state index in [-0.39, 0.29) is 17.9 Å². The molecule has 0 saturated carbocycles. The van der Waals surface area contributed by atoms with Gasteiger partial charge in [0.1, 0.15) is 11.5 Å². The van der Waals surface area contributed by atoms with Gasteiger partial charge in [-0.05, 0) is 38.7 Å². The predicted molar refractivity (Wildman–Crippen MR) is 92.6 cm³/mol. The van der Waals surface area contributed by atoms with Crippen molar-refractivity contribution in [2.24, 2.45) is 11.8 Å². The van der Waals surface area contributed by atoms with E-state index in [2.05, 4.69) is 24.5 Å². The van der Waals surface area contributed by atoms with Gasteiger partial charge in [-0.25, -0.2) is 4.79 Å². The maximum Gasteiger partial charge on any atom is 0.317 e. The minimum absolute atomic E-state index is 0.00890. The van der Waals surface area contributed by atoms with E-state index in [0.717, 1.165) is 29.9 Å². The Morgan fingerprint density at radius 2 is 2.08 bits per heavy atom. The molecule has 3 amide bonds. The zero-order valence-corrected chi connectivity index (χ0v) is 15.1. The van der Waals surface area contributed by atoms with Gasteiger partial charge in [-0.2, -0.15) is 0 Å². The first-order chi connectivity index (χ1) is 11.4. The number of rotatable bonds is 5. The first kappa shape index (κ1) is 18.4. The lowest BCUT2D eigenvalue weighted by atomic mass is 9.97. The molecule has 1 atom stereocenters. The standard InChI is InChI=1S/C18H29N3O3/c1-12(2)9-20-18(23)21-7-5-6-15(11-21)17(22)19-10-16-8-13(3)24-14(16)4/h8,12,15H,5-7,9-11H2,1-4H3,(H,19,22)(H,20,23)/t15-/m0/s1. The van der Waals surface area contributed by atoms with Gasteiger partial charge in [0, 0.05) is 31.7 Å². The number of amides is 3. The highest BCUT2D eigenvalue weighted by atomic mass is 16.3. The second-order valence-corrected chi connectivity index (χ2v) is 7.02. The quantitative estimate of drug-likeness (QED) is 0.868. The number of hydrogen-bond acceptors (Lipinski definition) is 3. The number of aryl methyl sites for hydroxylation is 2. The fourth-order valence-electron chi connectivity index (χ4n) is 2.96. The molecule has 0 spiro atoms. The summed E-state index contributed by atoms with van der Waals surface area (Å²) < 4.78 is 5.47. The molecule has 6 nitrogen and oxygen atoms in total. The van der Waals surface area contributed by atoms with Crippen molar-refractivity contribution in [1.29, 1.82) is 0 Å². The van der Waals surface area contributed by atoms with Gasteiger partial charge in [-0.1, -0.05) is 13.8 Å². The molecule has 0 aromatic carbocycles.